The summed E-state index contributed by atoms with van der Waals surface area (Å²) in [5, 5.41) is 0. The molecule has 0 aliphatic heterocycles. The van der Waals surface area contributed by atoms with E-state index in [2.05, 4.69) is 34.6 Å². The van der Waals surface area contributed by atoms with Crippen LogP contribution >= 0.6 is 0 Å². The molecule has 6 atom stereocenters. The Morgan fingerprint density at radius 2 is 1.91 bits per heavy atom. The van der Waals surface area contributed by atoms with Crippen LogP contribution in [0.5, 0.6) is 0 Å². The van der Waals surface area contributed by atoms with Gasteiger partial charge in [-0.2, -0.15) is 0 Å². The van der Waals surface area contributed by atoms with Crippen LogP contribution in [-0.4, -0.2) is 23.4 Å². The van der Waals surface area contributed by atoms with Crippen LogP contribution in [0, 0.1) is 23.2 Å². The molecule has 2 nitrogen and oxygen atoms in total. The van der Waals surface area contributed by atoms with Gasteiger partial charge in [0.05, 0.1) is 16.8 Å². The molecule has 0 N–H and O–H groups in total. The van der Waals surface area contributed by atoms with E-state index >= 15 is 0 Å². The highest BCUT2D eigenvalue weighted by Crippen LogP contribution is 2.81. The van der Waals surface area contributed by atoms with Crippen molar-refractivity contribution in [2.75, 3.05) is 6.61 Å². The third-order valence-electron chi connectivity index (χ3n) is 7.96. The number of hydrogen-bond acceptors (Lipinski definition) is 2. The van der Waals surface area contributed by atoms with Crippen LogP contribution in [0.25, 0.3) is 0 Å². The summed E-state index contributed by atoms with van der Waals surface area (Å²) in [6.07, 6.45) is 9.42. The molecule has 6 unspecified atom stereocenters. The standard InChI is InChI=1S/C20H34O2/c1-6-20(11-14-8-9-15(20)10-14)22-18(5)13-19(18)12-16(19)17(3,4)21-7-2/h14-16H,6-13H2,1-5H3. The van der Waals surface area contributed by atoms with Crippen molar-refractivity contribution in [1.82, 2.24) is 0 Å². The molecule has 0 aromatic rings. The summed E-state index contributed by atoms with van der Waals surface area (Å²) >= 11 is 0. The SMILES string of the molecule is CCOC(C)(C)C1CC12CC2(C)OC1(CC)CC2CCC1C2. The van der Waals surface area contributed by atoms with Gasteiger partial charge in [0.2, 0.25) is 0 Å². The molecule has 4 saturated carbocycles. The van der Waals surface area contributed by atoms with Gasteiger partial charge < -0.3 is 9.47 Å². The van der Waals surface area contributed by atoms with Crippen LogP contribution in [-0.2, 0) is 9.47 Å². The van der Waals surface area contributed by atoms with E-state index in [1.54, 1.807) is 0 Å². The largest absolute Gasteiger partial charge is 0.376 e. The second-order valence-corrected chi connectivity index (χ2v) is 9.46. The molecule has 4 rings (SSSR count). The minimum Gasteiger partial charge on any atom is -0.376 e. The molecule has 1 spiro atoms. The minimum atomic E-state index is 0.0178. The van der Waals surface area contributed by atoms with Crippen molar-refractivity contribution in [1.29, 1.82) is 0 Å². The lowest BCUT2D eigenvalue weighted by Crippen LogP contribution is -2.42. The highest BCUT2D eigenvalue weighted by molar-refractivity contribution is 5.31. The molecule has 2 bridgehead atoms. The summed E-state index contributed by atoms with van der Waals surface area (Å²) in [7, 11) is 0. The monoisotopic (exact) mass is 306 g/mol. The van der Waals surface area contributed by atoms with Gasteiger partial charge in [-0.05, 0) is 90.4 Å². The predicted octanol–water partition coefficient (Wildman–Crippen LogP) is 4.96. The summed E-state index contributed by atoms with van der Waals surface area (Å²) in [6, 6.07) is 0. The van der Waals surface area contributed by atoms with Crippen molar-refractivity contribution in [3.05, 3.63) is 0 Å². The van der Waals surface area contributed by atoms with Gasteiger partial charge in [0, 0.05) is 12.0 Å². The van der Waals surface area contributed by atoms with Crippen LogP contribution in [0.3, 0.4) is 0 Å². The highest BCUT2D eigenvalue weighted by atomic mass is 16.5. The summed E-state index contributed by atoms with van der Waals surface area (Å²) in [5.41, 5.74) is 0.802. The topological polar surface area (TPSA) is 18.5 Å². The van der Waals surface area contributed by atoms with Crippen LogP contribution in [0.2, 0.25) is 0 Å². The molecule has 2 heteroatoms. The molecule has 22 heavy (non-hydrogen) atoms. The first-order valence-corrected chi connectivity index (χ1v) is 9.65. The molecule has 126 valence electrons. The Kier molecular flexibility index (Phi) is 3.16. The van der Waals surface area contributed by atoms with E-state index in [-0.39, 0.29) is 16.8 Å². The molecule has 4 fully saturated rings. The Balaban J connectivity index is 1.47. The molecule has 0 aromatic carbocycles. The summed E-state index contributed by atoms with van der Waals surface area (Å²) in [4.78, 5) is 0. The van der Waals surface area contributed by atoms with Gasteiger partial charge >= 0.3 is 0 Å². The fraction of sp³-hybridized carbons (Fsp3) is 1.00. The van der Waals surface area contributed by atoms with Gasteiger partial charge in [-0.25, -0.2) is 0 Å². The Bertz CT molecular complexity index is 472. The maximum atomic E-state index is 7.01. The van der Waals surface area contributed by atoms with Gasteiger partial charge in [0.1, 0.15) is 0 Å². The summed E-state index contributed by atoms with van der Waals surface area (Å²) in [5.74, 6) is 2.49. The van der Waals surface area contributed by atoms with Crippen molar-refractivity contribution in [3.63, 3.8) is 0 Å². The van der Waals surface area contributed by atoms with Crippen LogP contribution in [0.15, 0.2) is 0 Å². The molecule has 0 amide bonds. The van der Waals surface area contributed by atoms with E-state index in [9.17, 15) is 0 Å². The zero-order valence-corrected chi connectivity index (χ0v) is 15.2. The molecular weight excluding hydrogens is 272 g/mol. The van der Waals surface area contributed by atoms with Crippen LogP contribution < -0.4 is 0 Å². The first kappa shape index (κ1) is 15.4. The fourth-order valence-corrected chi connectivity index (χ4v) is 6.64. The van der Waals surface area contributed by atoms with Crippen LogP contribution in [0.1, 0.15) is 79.6 Å². The number of ether oxygens (including phenoxy) is 2. The Hall–Kier alpha value is -0.0800. The van der Waals surface area contributed by atoms with Crippen molar-refractivity contribution in [3.8, 4) is 0 Å². The summed E-state index contributed by atoms with van der Waals surface area (Å²) in [6.45, 7) is 12.2. The number of rotatable bonds is 6. The smallest absolute Gasteiger partial charge is 0.0729 e. The van der Waals surface area contributed by atoms with E-state index in [4.69, 9.17) is 9.47 Å². The minimum absolute atomic E-state index is 0.0178. The van der Waals surface area contributed by atoms with E-state index in [0.717, 1.165) is 18.4 Å². The zero-order valence-electron chi connectivity index (χ0n) is 15.2. The predicted molar refractivity (Wildman–Crippen MR) is 88.8 cm³/mol. The Labute approximate surface area is 136 Å². The van der Waals surface area contributed by atoms with Gasteiger partial charge in [-0.3, -0.25) is 0 Å². The lowest BCUT2D eigenvalue weighted by Gasteiger charge is -2.40. The van der Waals surface area contributed by atoms with Crippen molar-refractivity contribution < 1.29 is 9.47 Å². The maximum absolute atomic E-state index is 7.01. The second-order valence-electron chi connectivity index (χ2n) is 9.46. The van der Waals surface area contributed by atoms with Gasteiger partial charge in [-0.1, -0.05) is 6.92 Å². The first-order valence-electron chi connectivity index (χ1n) is 9.65. The third-order valence-corrected chi connectivity index (χ3v) is 7.96. The fourth-order valence-electron chi connectivity index (χ4n) is 6.64. The van der Waals surface area contributed by atoms with E-state index in [1.807, 2.05) is 0 Å². The van der Waals surface area contributed by atoms with E-state index < -0.39 is 0 Å². The zero-order chi connectivity index (χ0) is 15.8. The lowest BCUT2D eigenvalue weighted by atomic mass is 9.81. The van der Waals surface area contributed by atoms with E-state index in [1.165, 1.54) is 44.9 Å². The maximum Gasteiger partial charge on any atom is 0.0729 e. The quantitative estimate of drug-likeness (QED) is 0.691. The normalized spacial score (nSPS) is 52.5. The average Bonchev–Trinajstić information content (AvgIpc) is 3.16. The molecule has 0 heterocycles. The van der Waals surface area contributed by atoms with Crippen molar-refractivity contribution >= 4 is 0 Å². The molecular formula is C20H34O2. The Morgan fingerprint density at radius 3 is 2.45 bits per heavy atom. The number of fused-ring (bicyclic) bond motifs is 2. The molecule has 0 saturated heterocycles. The van der Waals surface area contributed by atoms with Crippen molar-refractivity contribution in [2.24, 2.45) is 23.2 Å². The second kappa shape index (κ2) is 4.51. The van der Waals surface area contributed by atoms with Crippen molar-refractivity contribution in [2.45, 2.75) is 96.4 Å². The molecule has 4 aliphatic carbocycles. The molecule has 0 radical (unpaired) electrons. The van der Waals surface area contributed by atoms with Crippen LogP contribution in [0.4, 0.5) is 0 Å². The average molecular weight is 306 g/mol. The van der Waals surface area contributed by atoms with Gasteiger partial charge in [-0.15, -0.1) is 0 Å². The van der Waals surface area contributed by atoms with Gasteiger partial charge in [0.15, 0.2) is 0 Å². The molecule has 4 aliphatic rings. The lowest BCUT2D eigenvalue weighted by molar-refractivity contribution is -0.145. The third kappa shape index (κ3) is 1.92. The molecule has 0 aromatic heterocycles. The highest BCUT2D eigenvalue weighted by Gasteiger charge is 2.82. The van der Waals surface area contributed by atoms with E-state index in [0.29, 0.717) is 11.3 Å². The Morgan fingerprint density at radius 1 is 1.14 bits per heavy atom. The first-order chi connectivity index (χ1) is 10.3. The summed E-state index contributed by atoms with van der Waals surface area (Å²) < 4.78 is 13.0. The number of hydrogen-bond donors (Lipinski definition) is 0. The van der Waals surface area contributed by atoms with Gasteiger partial charge in [0.25, 0.3) is 0 Å².